The monoisotopic (exact) mass is 586 g/mol. The van der Waals surface area contributed by atoms with Gasteiger partial charge in [-0.1, -0.05) is 30.3 Å². The molecular weight excluding hydrogens is 552 g/mol. The van der Waals surface area contributed by atoms with Crippen molar-refractivity contribution in [3.05, 3.63) is 90.0 Å². The molecule has 1 aliphatic rings. The minimum Gasteiger partial charge on any atom is -0.492 e. The first-order valence-electron chi connectivity index (χ1n) is 12.9. The summed E-state index contributed by atoms with van der Waals surface area (Å²) in [5, 5.41) is 2.81. The van der Waals surface area contributed by atoms with E-state index in [2.05, 4.69) is 10.2 Å². The highest BCUT2D eigenvalue weighted by Gasteiger charge is 2.28. The highest BCUT2D eigenvalue weighted by atomic mass is 32.2. The van der Waals surface area contributed by atoms with Crippen LogP contribution >= 0.6 is 0 Å². The molecule has 0 atom stereocenters. The average molecular weight is 587 g/mol. The number of benzene rings is 3. The molecule has 1 fully saturated rings. The van der Waals surface area contributed by atoms with E-state index in [9.17, 15) is 21.6 Å². The first kappa shape index (κ1) is 29.7. The Morgan fingerprint density at radius 1 is 0.825 bits per heavy atom. The third-order valence-electron chi connectivity index (χ3n) is 6.59. The molecule has 214 valence electrons. The van der Waals surface area contributed by atoms with Gasteiger partial charge in [0, 0.05) is 52.4 Å². The van der Waals surface area contributed by atoms with Gasteiger partial charge in [-0.15, -0.1) is 0 Å². The van der Waals surface area contributed by atoms with Crippen LogP contribution in [0, 0.1) is 0 Å². The zero-order valence-corrected chi connectivity index (χ0v) is 24.2. The highest BCUT2D eigenvalue weighted by molar-refractivity contribution is 7.89. The molecule has 1 amide bonds. The number of ether oxygens (including phenoxy) is 1. The Bertz CT molecular complexity index is 1490. The molecular formula is C28H34N4O6S2. The summed E-state index contributed by atoms with van der Waals surface area (Å²) in [6, 6.07) is 22.0. The van der Waals surface area contributed by atoms with E-state index in [4.69, 9.17) is 4.74 Å². The van der Waals surface area contributed by atoms with Crippen LogP contribution in [-0.4, -0.2) is 89.7 Å². The number of carbonyl (C=O) groups is 1. The number of carbonyl (C=O) groups excluding carboxylic acids is 1. The number of nitrogens with one attached hydrogen (secondary N) is 1. The van der Waals surface area contributed by atoms with Gasteiger partial charge in [0.1, 0.15) is 12.4 Å². The van der Waals surface area contributed by atoms with Gasteiger partial charge in [-0.05, 0) is 54.1 Å². The van der Waals surface area contributed by atoms with E-state index in [1.54, 1.807) is 54.6 Å². The van der Waals surface area contributed by atoms with Crippen molar-refractivity contribution in [2.45, 2.75) is 16.3 Å². The van der Waals surface area contributed by atoms with Crippen molar-refractivity contribution in [3.8, 4) is 5.75 Å². The number of sulfonamides is 2. The van der Waals surface area contributed by atoms with Crippen LogP contribution in [0.2, 0.25) is 0 Å². The lowest BCUT2D eigenvalue weighted by Gasteiger charge is -2.34. The predicted molar refractivity (Wildman–Crippen MR) is 152 cm³/mol. The SMILES string of the molecule is CN(C)S(=O)(=O)c1ccc(OCCNC(=O)c2ccc(CN3CCN(S(=O)(=O)c4ccccc4)CC3)cc2)cc1. The molecule has 1 aliphatic heterocycles. The summed E-state index contributed by atoms with van der Waals surface area (Å²) in [6.45, 7) is 3.30. The van der Waals surface area contributed by atoms with E-state index in [1.165, 1.54) is 30.5 Å². The second kappa shape index (κ2) is 12.9. The Labute approximate surface area is 236 Å². The lowest BCUT2D eigenvalue weighted by atomic mass is 10.1. The molecule has 10 nitrogen and oxygen atoms in total. The van der Waals surface area contributed by atoms with E-state index in [1.807, 2.05) is 12.1 Å². The number of hydrogen-bond donors (Lipinski definition) is 1. The lowest BCUT2D eigenvalue weighted by Crippen LogP contribution is -2.48. The average Bonchev–Trinajstić information content (AvgIpc) is 2.96. The molecule has 1 heterocycles. The first-order valence-corrected chi connectivity index (χ1v) is 15.8. The fraction of sp³-hybridized carbons (Fsp3) is 0.321. The van der Waals surface area contributed by atoms with Crippen LogP contribution in [0.1, 0.15) is 15.9 Å². The van der Waals surface area contributed by atoms with E-state index in [0.717, 1.165) is 9.87 Å². The normalized spacial score (nSPS) is 15.2. The molecule has 4 rings (SSSR count). The quantitative estimate of drug-likeness (QED) is 0.343. The molecule has 0 aromatic heterocycles. The molecule has 0 radical (unpaired) electrons. The molecule has 1 saturated heterocycles. The highest BCUT2D eigenvalue weighted by Crippen LogP contribution is 2.19. The molecule has 3 aromatic rings. The summed E-state index contributed by atoms with van der Waals surface area (Å²) < 4.78 is 58.2. The Kier molecular flexibility index (Phi) is 9.59. The van der Waals surface area contributed by atoms with Crippen LogP contribution in [-0.2, 0) is 26.6 Å². The number of piperazine rings is 1. The van der Waals surface area contributed by atoms with Crippen LogP contribution < -0.4 is 10.1 Å². The van der Waals surface area contributed by atoms with Gasteiger partial charge in [-0.2, -0.15) is 4.31 Å². The lowest BCUT2D eigenvalue weighted by molar-refractivity contribution is 0.0947. The summed E-state index contributed by atoms with van der Waals surface area (Å²) in [5.41, 5.74) is 1.57. The molecule has 3 aromatic carbocycles. The fourth-order valence-electron chi connectivity index (χ4n) is 4.24. The molecule has 0 unspecified atom stereocenters. The number of rotatable bonds is 11. The maximum atomic E-state index is 12.8. The standard InChI is InChI=1S/C28H34N4O6S2/c1-30(2)39(34,35)27-14-12-25(13-15-27)38-21-16-29-28(33)24-10-8-23(9-11-24)22-31-17-19-32(20-18-31)40(36,37)26-6-4-3-5-7-26/h3-15H,16-22H2,1-2H3,(H,29,33). The van der Waals surface area contributed by atoms with E-state index in [0.29, 0.717) is 48.9 Å². The van der Waals surface area contributed by atoms with Gasteiger partial charge in [0.2, 0.25) is 20.0 Å². The summed E-state index contributed by atoms with van der Waals surface area (Å²) in [6.07, 6.45) is 0. The zero-order valence-electron chi connectivity index (χ0n) is 22.6. The van der Waals surface area contributed by atoms with Crippen molar-refractivity contribution in [1.82, 2.24) is 18.8 Å². The van der Waals surface area contributed by atoms with Gasteiger partial charge >= 0.3 is 0 Å². The molecule has 0 bridgehead atoms. The number of nitrogens with zero attached hydrogens (tertiary/aromatic N) is 3. The molecule has 0 aliphatic carbocycles. The summed E-state index contributed by atoms with van der Waals surface area (Å²) >= 11 is 0. The van der Waals surface area contributed by atoms with Crippen LogP contribution in [0.25, 0.3) is 0 Å². The molecule has 12 heteroatoms. The second-order valence-corrected chi connectivity index (χ2v) is 13.6. The van der Waals surface area contributed by atoms with Gasteiger partial charge in [-0.3, -0.25) is 9.69 Å². The maximum absolute atomic E-state index is 12.8. The van der Waals surface area contributed by atoms with Crippen LogP contribution in [0.3, 0.4) is 0 Å². The van der Waals surface area contributed by atoms with E-state index < -0.39 is 20.0 Å². The number of amides is 1. The van der Waals surface area contributed by atoms with E-state index in [-0.39, 0.29) is 24.0 Å². The summed E-state index contributed by atoms with van der Waals surface area (Å²) in [5.74, 6) is 0.289. The Hall–Kier alpha value is -3.29. The Morgan fingerprint density at radius 2 is 1.45 bits per heavy atom. The van der Waals surface area contributed by atoms with Gasteiger partial charge in [0.15, 0.2) is 0 Å². The topological polar surface area (TPSA) is 116 Å². The van der Waals surface area contributed by atoms with Crippen LogP contribution in [0.15, 0.2) is 88.7 Å². The van der Waals surface area contributed by atoms with Crippen LogP contribution in [0.4, 0.5) is 0 Å². The van der Waals surface area contributed by atoms with Crippen molar-refractivity contribution in [2.24, 2.45) is 0 Å². The smallest absolute Gasteiger partial charge is 0.251 e. The first-order chi connectivity index (χ1) is 19.1. The van der Waals surface area contributed by atoms with Gasteiger partial charge in [0.05, 0.1) is 16.3 Å². The second-order valence-electron chi connectivity index (χ2n) is 9.55. The molecule has 1 N–H and O–H groups in total. The fourth-order valence-corrected chi connectivity index (χ4v) is 6.59. The van der Waals surface area contributed by atoms with Gasteiger partial charge in [-0.25, -0.2) is 21.1 Å². The largest absolute Gasteiger partial charge is 0.492 e. The predicted octanol–water partition coefficient (Wildman–Crippen LogP) is 2.25. The van der Waals surface area contributed by atoms with Crippen molar-refractivity contribution in [3.63, 3.8) is 0 Å². The maximum Gasteiger partial charge on any atom is 0.251 e. The van der Waals surface area contributed by atoms with Crippen molar-refractivity contribution >= 4 is 26.0 Å². The van der Waals surface area contributed by atoms with Crippen molar-refractivity contribution in [1.29, 1.82) is 0 Å². The number of hydrogen-bond acceptors (Lipinski definition) is 7. The third-order valence-corrected chi connectivity index (χ3v) is 10.3. The third kappa shape index (κ3) is 7.26. The zero-order chi connectivity index (χ0) is 28.8. The minimum absolute atomic E-state index is 0.180. The minimum atomic E-state index is -3.50. The van der Waals surface area contributed by atoms with Crippen molar-refractivity contribution in [2.75, 3.05) is 53.4 Å². The summed E-state index contributed by atoms with van der Waals surface area (Å²) in [4.78, 5) is 15.2. The summed E-state index contributed by atoms with van der Waals surface area (Å²) in [7, 11) is -4.03. The van der Waals surface area contributed by atoms with E-state index >= 15 is 0 Å². The van der Waals surface area contributed by atoms with Gasteiger partial charge in [0.25, 0.3) is 5.91 Å². The van der Waals surface area contributed by atoms with Gasteiger partial charge < -0.3 is 10.1 Å². The molecule has 0 saturated carbocycles. The molecule has 0 spiro atoms. The Balaban J connectivity index is 1.19. The van der Waals surface area contributed by atoms with Crippen LogP contribution in [0.5, 0.6) is 5.75 Å². The molecule has 40 heavy (non-hydrogen) atoms. The van der Waals surface area contributed by atoms with Crippen molar-refractivity contribution < 1.29 is 26.4 Å². The Morgan fingerprint density at radius 3 is 2.05 bits per heavy atom.